The summed E-state index contributed by atoms with van der Waals surface area (Å²) < 4.78 is 11.0. The van der Waals surface area contributed by atoms with E-state index < -0.39 is 48.1 Å². The molecule has 0 radical (unpaired) electrons. The van der Waals surface area contributed by atoms with Crippen molar-refractivity contribution in [1.82, 2.24) is 20.7 Å². The minimum Gasteiger partial charge on any atom is -0.433 e. The number of fused-ring (bicyclic) bond motifs is 1. The van der Waals surface area contributed by atoms with Gasteiger partial charge in [0.15, 0.2) is 0 Å². The van der Waals surface area contributed by atoms with Crippen LogP contribution in [0.3, 0.4) is 0 Å². The van der Waals surface area contributed by atoms with Crippen LogP contribution in [0, 0.1) is 0 Å². The van der Waals surface area contributed by atoms with E-state index in [2.05, 4.69) is 10.6 Å². The van der Waals surface area contributed by atoms with Gasteiger partial charge in [-0.3, -0.25) is 29.0 Å². The third kappa shape index (κ3) is 5.19. The molecule has 0 saturated carbocycles. The van der Waals surface area contributed by atoms with Crippen LogP contribution < -0.4 is 10.6 Å². The van der Waals surface area contributed by atoms with Gasteiger partial charge in [0.2, 0.25) is 24.0 Å². The minimum absolute atomic E-state index is 0.0664. The van der Waals surface area contributed by atoms with Gasteiger partial charge in [-0.05, 0) is 24.8 Å². The highest BCUT2D eigenvalue weighted by Crippen LogP contribution is 2.26. The van der Waals surface area contributed by atoms with Crippen LogP contribution in [0.15, 0.2) is 30.3 Å². The molecular formula is C23H28N4O7. The number of hydrogen-bond donors (Lipinski definition) is 2. The zero-order valence-corrected chi connectivity index (χ0v) is 18.9. The maximum Gasteiger partial charge on any atom is 0.310 e. The van der Waals surface area contributed by atoms with Crippen molar-refractivity contribution in [1.29, 1.82) is 0 Å². The monoisotopic (exact) mass is 472 g/mol. The molecule has 3 aliphatic rings. The minimum atomic E-state index is -0.968. The van der Waals surface area contributed by atoms with Gasteiger partial charge < -0.3 is 20.1 Å². The lowest BCUT2D eigenvalue weighted by Gasteiger charge is -2.43. The van der Waals surface area contributed by atoms with Crippen LogP contribution in [0.1, 0.15) is 44.6 Å². The van der Waals surface area contributed by atoms with Gasteiger partial charge in [0.1, 0.15) is 18.1 Å². The zero-order valence-electron chi connectivity index (χ0n) is 18.9. The number of ether oxygens (including phenoxy) is 2. The second-order valence-corrected chi connectivity index (χ2v) is 8.62. The normalized spacial score (nSPS) is 27.0. The molecule has 11 heteroatoms. The molecule has 4 rings (SSSR count). The van der Waals surface area contributed by atoms with Crippen molar-refractivity contribution in [3.05, 3.63) is 35.9 Å². The summed E-state index contributed by atoms with van der Waals surface area (Å²) in [6.07, 6.45) is 0.0894. The highest BCUT2D eigenvalue weighted by atomic mass is 16.7. The van der Waals surface area contributed by atoms with E-state index in [1.165, 1.54) is 16.9 Å². The Morgan fingerprint density at radius 2 is 1.88 bits per heavy atom. The van der Waals surface area contributed by atoms with E-state index in [-0.39, 0.29) is 31.8 Å². The lowest BCUT2D eigenvalue weighted by atomic mass is 10.0. The number of esters is 1. The van der Waals surface area contributed by atoms with E-state index in [1.807, 2.05) is 30.3 Å². The summed E-state index contributed by atoms with van der Waals surface area (Å²) in [5, 5.41) is 7.83. The van der Waals surface area contributed by atoms with Gasteiger partial charge in [-0.1, -0.05) is 30.3 Å². The quantitative estimate of drug-likeness (QED) is 0.556. The molecule has 0 spiro atoms. The Bertz CT molecular complexity index is 969. The fourth-order valence-corrected chi connectivity index (χ4v) is 4.49. The maximum atomic E-state index is 13.3. The predicted octanol–water partition coefficient (Wildman–Crippen LogP) is -0.00590. The molecule has 4 atom stereocenters. The Morgan fingerprint density at radius 3 is 2.62 bits per heavy atom. The van der Waals surface area contributed by atoms with Gasteiger partial charge in [-0.25, -0.2) is 5.01 Å². The van der Waals surface area contributed by atoms with Gasteiger partial charge in [0.25, 0.3) is 5.91 Å². The smallest absolute Gasteiger partial charge is 0.310 e. The van der Waals surface area contributed by atoms with Crippen LogP contribution in [0.4, 0.5) is 0 Å². The van der Waals surface area contributed by atoms with Crippen LogP contribution in [0.5, 0.6) is 0 Å². The number of rotatable bonds is 6. The van der Waals surface area contributed by atoms with E-state index >= 15 is 0 Å². The van der Waals surface area contributed by atoms with Gasteiger partial charge >= 0.3 is 5.97 Å². The molecule has 0 aliphatic carbocycles. The number of hydrazine groups is 1. The molecule has 34 heavy (non-hydrogen) atoms. The molecule has 3 heterocycles. The Balaban J connectivity index is 1.47. The lowest BCUT2D eigenvalue weighted by Crippen LogP contribution is -2.64. The van der Waals surface area contributed by atoms with Crippen molar-refractivity contribution >= 4 is 29.6 Å². The fraction of sp³-hybridized carbons (Fsp3) is 0.522. The third-order valence-corrected chi connectivity index (χ3v) is 6.09. The number of nitrogens with one attached hydrogen (secondary N) is 2. The third-order valence-electron chi connectivity index (χ3n) is 6.09. The summed E-state index contributed by atoms with van der Waals surface area (Å²) in [4.78, 5) is 62.7. The van der Waals surface area contributed by atoms with E-state index in [9.17, 15) is 24.0 Å². The van der Waals surface area contributed by atoms with Crippen molar-refractivity contribution in [2.45, 2.75) is 70.1 Å². The standard InChI is InChI=1S/C23H28N4O7/c1-14(28)24-16-9-10-19(29)26-11-5-8-18(27(26)22(16)32)21(31)25-17-12-20(30)34-23(17)33-13-15-6-3-2-4-7-15/h2-4,6-7,16-18,23H,5,8-13H2,1H3,(H,24,28)(H,25,31)/t16-,17-,18-,23?/m0/s1. The highest BCUT2D eigenvalue weighted by Gasteiger charge is 2.46. The molecule has 182 valence electrons. The molecule has 3 saturated heterocycles. The van der Waals surface area contributed by atoms with Crippen LogP contribution in [0.2, 0.25) is 0 Å². The van der Waals surface area contributed by atoms with Crippen molar-refractivity contribution in [3.8, 4) is 0 Å². The Labute approximate surface area is 196 Å². The summed E-state index contributed by atoms with van der Waals surface area (Å²) in [5.74, 6) is -2.18. The molecule has 1 unspecified atom stereocenters. The van der Waals surface area contributed by atoms with E-state index in [1.54, 1.807) is 0 Å². The van der Waals surface area contributed by atoms with Crippen molar-refractivity contribution in [2.75, 3.05) is 6.54 Å². The SMILES string of the molecule is CC(=O)N[C@H]1CCC(=O)N2CCC[C@@H](C(=O)N[C@H]3CC(=O)OC3OCc3ccccc3)N2C1=O. The van der Waals surface area contributed by atoms with Crippen molar-refractivity contribution in [2.24, 2.45) is 0 Å². The van der Waals surface area contributed by atoms with Gasteiger partial charge in [-0.2, -0.15) is 0 Å². The lowest BCUT2D eigenvalue weighted by molar-refractivity contribution is -0.178. The van der Waals surface area contributed by atoms with E-state index in [0.29, 0.717) is 19.4 Å². The number of cyclic esters (lactones) is 1. The average molecular weight is 472 g/mol. The average Bonchev–Trinajstić information content (AvgIpc) is 3.12. The van der Waals surface area contributed by atoms with Crippen molar-refractivity contribution in [3.63, 3.8) is 0 Å². The molecule has 3 aliphatic heterocycles. The second-order valence-electron chi connectivity index (χ2n) is 8.62. The van der Waals surface area contributed by atoms with E-state index in [0.717, 1.165) is 5.56 Å². The topological polar surface area (TPSA) is 134 Å². The number of benzene rings is 1. The number of carbonyl (C=O) groups is 5. The first-order valence-corrected chi connectivity index (χ1v) is 11.4. The summed E-state index contributed by atoms with van der Waals surface area (Å²) in [7, 11) is 0. The zero-order chi connectivity index (χ0) is 24.2. The molecule has 11 nitrogen and oxygen atoms in total. The predicted molar refractivity (Wildman–Crippen MR) is 116 cm³/mol. The molecule has 0 aromatic heterocycles. The molecule has 3 fully saturated rings. The molecule has 4 amide bonds. The Hall–Kier alpha value is -3.47. The highest BCUT2D eigenvalue weighted by molar-refractivity contribution is 5.95. The van der Waals surface area contributed by atoms with Crippen LogP contribution in [-0.4, -0.2) is 70.6 Å². The van der Waals surface area contributed by atoms with Crippen LogP contribution in [0.25, 0.3) is 0 Å². The summed E-state index contributed by atoms with van der Waals surface area (Å²) >= 11 is 0. The second kappa shape index (κ2) is 10.2. The van der Waals surface area contributed by atoms with E-state index in [4.69, 9.17) is 9.47 Å². The first-order valence-electron chi connectivity index (χ1n) is 11.4. The maximum absolute atomic E-state index is 13.3. The first-order chi connectivity index (χ1) is 16.3. The summed E-state index contributed by atoms with van der Waals surface area (Å²) in [6, 6.07) is 6.76. The number of nitrogens with zero attached hydrogens (tertiary/aromatic N) is 2. The fourth-order valence-electron chi connectivity index (χ4n) is 4.49. The molecule has 1 aromatic rings. The molecular weight excluding hydrogens is 444 g/mol. The van der Waals surface area contributed by atoms with Gasteiger partial charge in [-0.15, -0.1) is 0 Å². The molecule has 1 aromatic carbocycles. The Kier molecular flexibility index (Phi) is 7.11. The Morgan fingerprint density at radius 1 is 1.12 bits per heavy atom. The first kappa shape index (κ1) is 23.7. The molecule has 2 N–H and O–H groups in total. The largest absolute Gasteiger partial charge is 0.433 e. The number of hydrogen-bond acceptors (Lipinski definition) is 7. The van der Waals surface area contributed by atoms with Crippen LogP contribution in [-0.2, 0) is 40.1 Å². The number of amides is 4. The van der Waals surface area contributed by atoms with Gasteiger partial charge in [0.05, 0.1) is 13.0 Å². The van der Waals surface area contributed by atoms with Crippen LogP contribution >= 0.6 is 0 Å². The number of carbonyl (C=O) groups excluding carboxylic acids is 5. The molecule has 0 bridgehead atoms. The van der Waals surface area contributed by atoms with Crippen molar-refractivity contribution < 1.29 is 33.4 Å². The summed E-state index contributed by atoms with van der Waals surface area (Å²) in [5.41, 5.74) is 0.885. The summed E-state index contributed by atoms with van der Waals surface area (Å²) in [6.45, 7) is 1.81. The van der Waals surface area contributed by atoms with Gasteiger partial charge in [0, 0.05) is 19.9 Å².